The topological polar surface area (TPSA) is 15.3 Å². The van der Waals surface area contributed by atoms with Gasteiger partial charge in [-0.05, 0) is 31.8 Å². The third kappa shape index (κ3) is 4.84. The molecule has 0 saturated carbocycles. The molecule has 0 aromatic heterocycles. The molecule has 102 valence electrons. The van der Waals surface area contributed by atoms with Gasteiger partial charge in [-0.1, -0.05) is 13.8 Å². The molecule has 0 spiro atoms. The first-order valence-electron chi connectivity index (χ1n) is 6.18. The maximum Gasteiger partial charge on any atom is 0.393 e. The van der Waals surface area contributed by atoms with Crippen LogP contribution < -0.4 is 5.32 Å². The van der Waals surface area contributed by atoms with Crippen LogP contribution in [0.3, 0.4) is 0 Å². The highest BCUT2D eigenvalue weighted by molar-refractivity contribution is 4.82. The molecule has 1 rings (SSSR count). The van der Waals surface area contributed by atoms with E-state index in [2.05, 4.69) is 19.2 Å². The number of piperidine rings is 1. The molecule has 0 radical (unpaired) electrons. The number of rotatable bonds is 4. The van der Waals surface area contributed by atoms with Gasteiger partial charge in [0, 0.05) is 19.6 Å². The molecule has 0 aromatic rings. The van der Waals surface area contributed by atoms with Crippen molar-refractivity contribution in [2.24, 2.45) is 11.3 Å². The molecule has 1 aliphatic heterocycles. The van der Waals surface area contributed by atoms with E-state index in [1.165, 1.54) is 0 Å². The summed E-state index contributed by atoms with van der Waals surface area (Å²) in [5.74, 6) is -1.14. The van der Waals surface area contributed by atoms with E-state index in [0.717, 1.165) is 19.6 Å². The average Bonchev–Trinajstić information content (AvgIpc) is 2.15. The minimum atomic E-state index is -4.04. The molecular formula is C12H23F3N2. The zero-order valence-electron chi connectivity index (χ0n) is 10.9. The first kappa shape index (κ1) is 14.8. The summed E-state index contributed by atoms with van der Waals surface area (Å²) in [7, 11) is 1.87. The van der Waals surface area contributed by atoms with Gasteiger partial charge in [-0.3, -0.25) is 0 Å². The molecule has 1 aliphatic rings. The lowest BCUT2D eigenvalue weighted by Gasteiger charge is -2.38. The molecule has 1 atom stereocenters. The zero-order valence-corrected chi connectivity index (χ0v) is 10.9. The molecule has 0 aliphatic carbocycles. The van der Waals surface area contributed by atoms with Gasteiger partial charge in [0.05, 0.1) is 5.92 Å². The summed E-state index contributed by atoms with van der Waals surface area (Å²) in [6.07, 6.45) is -3.10. The first-order chi connectivity index (χ1) is 7.74. The Morgan fingerprint density at radius 3 is 2.47 bits per heavy atom. The second-order valence-corrected chi connectivity index (χ2v) is 5.81. The summed E-state index contributed by atoms with van der Waals surface area (Å²) in [5, 5.41) is 3.09. The van der Waals surface area contributed by atoms with Gasteiger partial charge >= 0.3 is 6.18 Å². The van der Waals surface area contributed by atoms with E-state index in [4.69, 9.17) is 0 Å². The van der Waals surface area contributed by atoms with Gasteiger partial charge in [0.2, 0.25) is 0 Å². The first-order valence-corrected chi connectivity index (χ1v) is 6.18. The van der Waals surface area contributed by atoms with Crippen molar-refractivity contribution in [3.05, 3.63) is 0 Å². The van der Waals surface area contributed by atoms with E-state index in [1.54, 1.807) is 0 Å². The van der Waals surface area contributed by atoms with Gasteiger partial charge in [-0.25, -0.2) is 0 Å². The fraction of sp³-hybridized carbons (Fsp3) is 1.00. The molecule has 0 amide bonds. The SMILES string of the molecule is CNCC(C)(C)CN1CCCC(C(F)(F)F)C1. The van der Waals surface area contributed by atoms with Gasteiger partial charge in [-0.2, -0.15) is 13.2 Å². The second-order valence-electron chi connectivity index (χ2n) is 5.81. The van der Waals surface area contributed by atoms with Crippen LogP contribution in [0, 0.1) is 11.3 Å². The highest BCUT2D eigenvalue weighted by Gasteiger charge is 2.42. The van der Waals surface area contributed by atoms with Crippen LogP contribution >= 0.6 is 0 Å². The van der Waals surface area contributed by atoms with Gasteiger partial charge in [-0.15, -0.1) is 0 Å². The molecule has 1 heterocycles. The van der Waals surface area contributed by atoms with Crippen LogP contribution in [0.1, 0.15) is 26.7 Å². The number of halogens is 3. The Hall–Kier alpha value is -0.290. The van der Waals surface area contributed by atoms with Crippen molar-refractivity contribution < 1.29 is 13.2 Å². The van der Waals surface area contributed by atoms with Crippen molar-refractivity contribution in [2.45, 2.75) is 32.9 Å². The lowest BCUT2D eigenvalue weighted by molar-refractivity contribution is -0.187. The Kier molecular flexibility index (Phi) is 4.84. The average molecular weight is 252 g/mol. The number of likely N-dealkylation sites (tertiary alicyclic amines) is 1. The smallest absolute Gasteiger partial charge is 0.319 e. The Morgan fingerprint density at radius 1 is 1.29 bits per heavy atom. The molecule has 1 fully saturated rings. The van der Waals surface area contributed by atoms with Crippen molar-refractivity contribution in [3.63, 3.8) is 0 Å². The standard InChI is InChI=1S/C12H23F3N2/c1-11(2,8-16-3)9-17-6-4-5-10(7-17)12(13,14)15/h10,16H,4-9H2,1-3H3. The van der Waals surface area contributed by atoms with Crippen LogP contribution in [-0.4, -0.2) is 44.3 Å². The van der Waals surface area contributed by atoms with Crippen LogP contribution in [0.4, 0.5) is 13.2 Å². The molecule has 0 bridgehead atoms. The summed E-state index contributed by atoms with van der Waals surface area (Å²) in [6, 6.07) is 0. The second kappa shape index (κ2) is 5.57. The Labute approximate surface area is 102 Å². The number of hydrogen-bond donors (Lipinski definition) is 1. The van der Waals surface area contributed by atoms with Crippen LogP contribution in [-0.2, 0) is 0 Å². The van der Waals surface area contributed by atoms with Crippen LogP contribution in [0.2, 0.25) is 0 Å². The third-order valence-corrected chi connectivity index (χ3v) is 3.28. The van der Waals surface area contributed by atoms with Crippen molar-refractivity contribution in [3.8, 4) is 0 Å². The van der Waals surface area contributed by atoms with Crippen molar-refractivity contribution >= 4 is 0 Å². The minimum absolute atomic E-state index is 0.0161. The Balaban J connectivity index is 2.50. The number of alkyl halides is 3. The van der Waals surface area contributed by atoms with E-state index in [0.29, 0.717) is 6.42 Å². The van der Waals surface area contributed by atoms with E-state index in [1.807, 2.05) is 11.9 Å². The summed E-state index contributed by atoms with van der Waals surface area (Å²) in [5.41, 5.74) is 0.0161. The quantitative estimate of drug-likeness (QED) is 0.827. The van der Waals surface area contributed by atoms with Crippen molar-refractivity contribution in [2.75, 3.05) is 33.2 Å². The molecule has 5 heteroatoms. The van der Waals surface area contributed by atoms with Crippen LogP contribution in [0.5, 0.6) is 0 Å². The van der Waals surface area contributed by atoms with E-state index >= 15 is 0 Å². The molecule has 0 aromatic carbocycles. The van der Waals surface area contributed by atoms with Crippen molar-refractivity contribution in [1.29, 1.82) is 0 Å². The highest BCUT2D eigenvalue weighted by Crippen LogP contribution is 2.33. The molecular weight excluding hydrogens is 229 g/mol. The normalized spacial score (nSPS) is 24.0. The van der Waals surface area contributed by atoms with Gasteiger partial charge in [0.1, 0.15) is 0 Å². The van der Waals surface area contributed by atoms with Crippen LogP contribution in [0.15, 0.2) is 0 Å². The molecule has 1 N–H and O–H groups in total. The summed E-state index contributed by atoms with van der Waals surface area (Å²) >= 11 is 0. The molecule has 2 nitrogen and oxygen atoms in total. The summed E-state index contributed by atoms with van der Waals surface area (Å²) in [6.45, 7) is 6.67. The predicted octanol–water partition coefficient (Wildman–Crippen LogP) is 2.51. The largest absolute Gasteiger partial charge is 0.393 e. The monoisotopic (exact) mass is 252 g/mol. The maximum atomic E-state index is 12.7. The van der Waals surface area contributed by atoms with E-state index < -0.39 is 12.1 Å². The van der Waals surface area contributed by atoms with Gasteiger partial charge < -0.3 is 10.2 Å². The fourth-order valence-electron chi connectivity index (χ4n) is 2.61. The summed E-state index contributed by atoms with van der Waals surface area (Å²) in [4.78, 5) is 1.96. The minimum Gasteiger partial charge on any atom is -0.319 e. The van der Waals surface area contributed by atoms with Gasteiger partial charge in [0.25, 0.3) is 0 Å². The Morgan fingerprint density at radius 2 is 1.94 bits per heavy atom. The third-order valence-electron chi connectivity index (χ3n) is 3.28. The lowest BCUT2D eigenvalue weighted by atomic mass is 9.90. The highest BCUT2D eigenvalue weighted by atomic mass is 19.4. The fourth-order valence-corrected chi connectivity index (χ4v) is 2.61. The zero-order chi connectivity index (χ0) is 13.1. The van der Waals surface area contributed by atoms with Crippen LogP contribution in [0.25, 0.3) is 0 Å². The Bertz CT molecular complexity index is 238. The number of nitrogens with one attached hydrogen (secondary N) is 1. The molecule has 1 saturated heterocycles. The number of nitrogens with zero attached hydrogens (tertiary/aromatic N) is 1. The summed E-state index contributed by atoms with van der Waals surface area (Å²) < 4.78 is 38.0. The molecule has 17 heavy (non-hydrogen) atoms. The van der Waals surface area contributed by atoms with E-state index in [-0.39, 0.29) is 18.4 Å². The lowest BCUT2D eigenvalue weighted by Crippen LogP contribution is -2.47. The molecule has 1 unspecified atom stereocenters. The maximum absolute atomic E-state index is 12.7. The van der Waals surface area contributed by atoms with Gasteiger partial charge in [0.15, 0.2) is 0 Å². The number of hydrogen-bond acceptors (Lipinski definition) is 2. The van der Waals surface area contributed by atoms with E-state index in [9.17, 15) is 13.2 Å². The van der Waals surface area contributed by atoms with Crippen molar-refractivity contribution in [1.82, 2.24) is 10.2 Å². The predicted molar refractivity (Wildman–Crippen MR) is 62.9 cm³/mol.